The molecule has 1 nitrogen and oxygen atoms in total. The van der Waals surface area contributed by atoms with E-state index in [0.717, 1.165) is 5.56 Å². The summed E-state index contributed by atoms with van der Waals surface area (Å²) in [6, 6.07) is 10.3. The number of benzene rings is 1. The summed E-state index contributed by atoms with van der Waals surface area (Å²) in [5.74, 6) is 0. The zero-order valence-electron chi connectivity index (χ0n) is 5.33. The number of rotatable bonds is 1. The van der Waals surface area contributed by atoms with Crippen molar-refractivity contribution in [3.05, 3.63) is 35.9 Å². The Morgan fingerprint density at radius 1 is 1.56 bits per heavy atom. The summed E-state index contributed by atoms with van der Waals surface area (Å²) < 4.78 is 0. The lowest BCUT2D eigenvalue weighted by Gasteiger charge is -2.00. The maximum Gasteiger partial charge on any atom is 0.0767 e. The van der Waals surface area contributed by atoms with E-state index in [9.17, 15) is 0 Å². The second kappa shape index (κ2) is 2.65. The first-order valence-corrected chi connectivity index (χ1v) is 2.95. The molecule has 1 aromatic carbocycles. The molecule has 9 heavy (non-hydrogen) atoms. The van der Waals surface area contributed by atoms with Crippen LogP contribution in [0.25, 0.3) is 0 Å². The molecule has 0 amide bonds. The van der Waals surface area contributed by atoms with Gasteiger partial charge in [0.1, 0.15) is 0 Å². The summed E-state index contributed by atoms with van der Waals surface area (Å²) in [5.41, 5.74) is 0.845. The molecule has 1 heteroatoms. The molecule has 0 saturated carbocycles. The van der Waals surface area contributed by atoms with Crippen molar-refractivity contribution >= 4 is 0 Å². The highest BCUT2D eigenvalue weighted by Gasteiger charge is 1.95. The molecule has 0 aliphatic carbocycles. The third-order valence-corrected chi connectivity index (χ3v) is 1.18. The molecule has 0 spiro atoms. The second-order valence-corrected chi connectivity index (χ2v) is 1.99. The zero-order chi connectivity index (χ0) is 6.69. The Balaban J connectivity index is 2.85. The Hall–Kier alpha value is -0.820. The lowest BCUT2D eigenvalue weighted by molar-refractivity contribution is 0.199. The number of hydrogen-bond acceptors (Lipinski definition) is 1. The van der Waals surface area contributed by atoms with Crippen molar-refractivity contribution < 1.29 is 5.11 Å². The molecular formula is C8H9O. The molecule has 0 bridgehead atoms. The quantitative estimate of drug-likeness (QED) is 0.597. The van der Waals surface area contributed by atoms with Crippen molar-refractivity contribution in [2.75, 3.05) is 0 Å². The summed E-state index contributed by atoms with van der Waals surface area (Å²) >= 11 is 0. The van der Waals surface area contributed by atoms with Crippen molar-refractivity contribution in [3.63, 3.8) is 0 Å². The largest absolute Gasteiger partial charge is 0.389 e. The van der Waals surface area contributed by atoms with Gasteiger partial charge in [-0.1, -0.05) is 24.3 Å². The fraction of sp³-hybridized carbons (Fsp3) is 0.250. The van der Waals surface area contributed by atoms with Crippen molar-refractivity contribution in [3.8, 4) is 0 Å². The van der Waals surface area contributed by atoms with Crippen LogP contribution in [0.2, 0.25) is 0 Å². The Bertz CT molecular complexity index is 167. The van der Waals surface area contributed by atoms with E-state index >= 15 is 0 Å². The lowest BCUT2D eigenvalue weighted by Crippen LogP contribution is -1.88. The Labute approximate surface area is 55.0 Å². The highest BCUT2D eigenvalue weighted by Crippen LogP contribution is 2.08. The standard InChI is InChI=1S/C8H9O/c1-7(9)8-5-3-2-4-6-8/h2-5,7,9H,1H3/t7-/m0/s1. The molecule has 1 aromatic rings. The van der Waals surface area contributed by atoms with Crippen molar-refractivity contribution in [2.24, 2.45) is 0 Å². The van der Waals surface area contributed by atoms with Gasteiger partial charge < -0.3 is 5.11 Å². The van der Waals surface area contributed by atoms with E-state index < -0.39 is 6.10 Å². The van der Waals surface area contributed by atoms with Crippen LogP contribution >= 0.6 is 0 Å². The van der Waals surface area contributed by atoms with Gasteiger partial charge >= 0.3 is 0 Å². The molecule has 0 aliphatic heterocycles. The number of aliphatic hydroxyl groups excluding tert-OH is 1. The van der Waals surface area contributed by atoms with E-state index in [2.05, 4.69) is 6.07 Å². The van der Waals surface area contributed by atoms with E-state index in [1.165, 1.54) is 0 Å². The van der Waals surface area contributed by atoms with Crippen LogP contribution in [0.1, 0.15) is 18.6 Å². The summed E-state index contributed by atoms with van der Waals surface area (Å²) in [5, 5.41) is 8.99. The average Bonchev–Trinajstić information content (AvgIpc) is 1.90. The first-order chi connectivity index (χ1) is 4.30. The van der Waals surface area contributed by atoms with Crippen LogP contribution in [0.15, 0.2) is 24.3 Å². The molecule has 0 saturated heterocycles. The Kier molecular flexibility index (Phi) is 1.85. The topological polar surface area (TPSA) is 20.2 Å². The van der Waals surface area contributed by atoms with Gasteiger partial charge in [0.15, 0.2) is 0 Å². The van der Waals surface area contributed by atoms with E-state index in [1.54, 1.807) is 13.0 Å². The number of aliphatic hydroxyl groups is 1. The van der Waals surface area contributed by atoms with Crippen LogP contribution in [-0.2, 0) is 0 Å². The van der Waals surface area contributed by atoms with Gasteiger partial charge in [-0.15, -0.1) is 0 Å². The minimum Gasteiger partial charge on any atom is -0.389 e. The van der Waals surface area contributed by atoms with Crippen LogP contribution in [0.3, 0.4) is 0 Å². The maximum absolute atomic E-state index is 8.99. The maximum atomic E-state index is 8.99. The van der Waals surface area contributed by atoms with Crippen LogP contribution in [0.4, 0.5) is 0 Å². The molecule has 1 radical (unpaired) electrons. The van der Waals surface area contributed by atoms with Gasteiger partial charge in [0.2, 0.25) is 0 Å². The number of hydrogen-bond donors (Lipinski definition) is 1. The van der Waals surface area contributed by atoms with Gasteiger partial charge in [0.25, 0.3) is 0 Å². The van der Waals surface area contributed by atoms with Gasteiger partial charge in [0, 0.05) is 0 Å². The minimum atomic E-state index is -0.397. The molecule has 1 rings (SSSR count). The Morgan fingerprint density at radius 3 is 2.67 bits per heavy atom. The van der Waals surface area contributed by atoms with Crippen LogP contribution < -0.4 is 0 Å². The fourth-order valence-corrected chi connectivity index (χ4v) is 0.667. The molecule has 47 valence electrons. The zero-order valence-corrected chi connectivity index (χ0v) is 5.33. The van der Waals surface area contributed by atoms with Crippen molar-refractivity contribution in [2.45, 2.75) is 13.0 Å². The average molecular weight is 121 g/mol. The fourth-order valence-electron chi connectivity index (χ4n) is 0.667. The molecule has 0 fully saturated rings. The van der Waals surface area contributed by atoms with Crippen LogP contribution in [0, 0.1) is 6.07 Å². The highest BCUT2D eigenvalue weighted by atomic mass is 16.3. The molecular weight excluding hydrogens is 112 g/mol. The highest BCUT2D eigenvalue weighted by molar-refractivity contribution is 5.14. The van der Waals surface area contributed by atoms with Gasteiger partial charge in [-0.05, 0) is 18.6 Å². The summed E-state index contributed by atoms with van der Waals surface area (Å²) in [6.45, 7) is 1.73. The second-order valence-electron chi connectivity index (χ2n) is 1.99. The van der Waals surface area contributed by atoms with E-state index in [1.807, 2.05) is 18.2 Å². The van der Waals surface area contributed by atoms with Crippen LogP contribution in [0.5, 0.6) is 0 Å². The van der Waals surface area contributed by atoms with Crippen LogP contribution in [-0.4, -0.2) is 5.11 Å². The van der Waals surface area contributed by atoms with Crippen molar-refractivity contribution in [1.82, 2.24) is 0 Å². The van der Waals surface area contributed by atoms with Gasteiger partial charge in [-0.25, -0.2) is 0 Å². The summed E-state index contributed by atoms with van der Waals surface area (Å²) in [6.07, 6.45) is -0.397. The van der Waals surface area contributed by atoms with E-state index in [-0.39, 0.29) is 0 Å². The third-order valence-electron chi connectivity index (χ3n) is 1.18. The van der Waals surface area contributed by atoms with Crippen molar-refractivity contribution in [1.29, 1.82) is 0 Å². The normalized spacial score (nSPS) is 13.1. The molecule has 1 atom stereocenters. The van der Waals surface area contributed by atoms with Gasteiger partial charge in [-0.2, -0.15) is 0 Å². The first kappa shape index (κ1) is 6.30. The predicted molar refractivity (Wildman–Crippen MR) is 35.9 cm³/mol. The summed E-state index contributed by atoms with van der Waals surface area (Å²) in [7, 11) is 0. The summed E-state index contributed by atoms with van der Waals surface area (Å²) in [4.78, 5) is 0. The Morgan fingerprint density at radius 2 is 2.33 bits per heavy atom. The lowest BCUT2D eigenvalue weighted by atomic mass is 10.1. The van der Waals surface area contributed by atoms with E-state index in [4.69, 9.17) is 5.11 Å². The molecule has 0 aliphatic rings. The molecule has 0 aromatic heterocycles. The minimum absolute atomic E-state index is 0.397. The monoisotopic (exact) mass is 121 g/mol. The van der Waals surface area contributed by atoms with Gasteiger partial charge in [-0.3, -0.25) is 0 Å². The first-order valence-electron chi connectivity index (χ1n) is 2.95. The van der Waals surface area contributed by atoms with Gasteiger partial charge in [0.05, 0.1) is 6.10 Å². The predicted octanol–water partition coefficient (Wildman–Crippen LogP) is 1.54. The molecule has 1 N–H and O–H groups in total. The SMILES string of the molecule is C[C@H](O)c1[c]cccc1. The van der Waals surface area contributed by atoms with E-state index in [0.29, 0.717) is 0 Å². The smallest absolute Gasteiger partial charge is 0.0767 e. The third kappa shape index (κ3) is 1.54. The molecule has 0 unspecified atom stereocenters. The molecule has 0 heterocycles.